The highest BCUT2D eigenvalue weighted by molar-refractivity contribution is 6.31. The maximum Gasteiger partial charge on any atom is 0.322 e. The average molecular weight is 427 g/mol. The van der Waals surface area contributed by atoms with Crippen molar-refractivity contribution in [2.45, 2.75) is 33.7 Å². The molecule has 6 nitrogen and oxygen atoms in total. The molecule has 2 aromatic carbocycles. The number of halogens is 1. The van der Waals surface area contributed by atoms with Crippen LogP contribution in [0.3, 0.4) is 0 Å². The molecular formula is C23H27ClN4O2. The van der Waals surface area contributed by atoms with Crippen molar-refractivity contribution in [1.82, 2.24) is 14.7 Å². The molecule has 3 rings (SSSR count). The molecule has 0 aliphatic carbocycles. The molecule has 1 N–H and O–H groups in total. The molecule has 158 valence electrons. The summed E-state index contributed by atoms with van der Waals surface area (Å²) in [6, 6.07) is 12.2. The number of nitrogens with one attached hydrogen (secondary N) is 1. The van der Waals surface area contributed by atoms with Gasteiger partial charge in [-0.2, -0.15) is 5.10 Å². The van der Waals surface area contributed by atoms with Gasteiger partial charge in [-0.05, 0) is 43.5 Å². The van der Waals surface area contributed by atoms with E-state index in [1.165, 1.54) is 4.68 Å². The van der Waals surface area contributed by atoms with Crippen molar-refractivity contribution < 1.29 is 4.79 Å². The Labute approximate surface area is 181 Å². The molecule has 30 heavy (non-hydrogen) atoms. The Hall–Kier alpha value is -2.86. The predicted octanol–water partition coefficient (Wildman–Crippen LogP) is 5.15. The third kappa shape index (κ3) is 4.49. The summed E-state index contributed by atoms with van der Waals surface area (Å²) >= 11 is 6.21. The summed E-state index contributed by atoms with van der Waals surface area (Å²) in [7, 11) is 1.63. The fraction of sp³-hybridized carbons (Fsp3) is 0.348. The number of fused-ring (bicyclic) bond motifs is 1. The van der Waals surface area contributed by atoms with Crippen molar-refractivity contribution in [2.75, 3.05) is 11.9 Å². The summed E-state index contributed by atoms with van der Waals surface area (Å²) in [6.45, 7) is 8.50. The van der Waals surface area contributed by atoms with Gasteiger partial charge in [0, 0.05) is 29.7 Å². The van der Waals surface area contributed by atoms with Crippen molar-refractivity contribution in [2.24, 2.45) is 13.0 Å². The minimum atomic E-state index is -0.343. The standard InChI is InChI=1S/C23H27ClN4O2/c1-14(2)13-28(23(30)25-17-11-10-15(3)20(24)12-17)16(4)21-18-8-6-7-9-19(18)22(29)27(5)26-21/h6-12,14,16H,13H2,1-5H3,(H,25,30). The fourth-order valence-electron chi connectivity index (χ4n) is 3.46. The second-order valence-electron chi connectivity index (χ2n) is 7.98. The molecule has 0 bridgehead atoms. The second-order valence-corrected chi connectivity index (χ2v) is 8.38. The molecule has 0 aliphatic heterocycles. The summed E-state index contributed by atoms with van der Waals surface area (Å²) in [4.78, 5) is 27.5. The largest absolute Gasteiger partial charge is 0.322 e. The van der Waals surface area contributed by atoms with E-state index < -0.39 is 0 Å². The summed E-state index contributed by atoms with van der Waals surface area (Å²) in [5, 5.41) is 9.40. The number of hydrogen-bond acceptors (Lipinski definition) is 3. The molecule has 7 heteroatoms. The van der Waals surface area contributed by atoms with Gasteiger partial charge in [-0.25, -0.2) is 9.48 Å². The Kier molecular flexibility index (Phi) is 6.46. The number of aryl methyl sites for hydroxylation is 2. The fourth-order valence-corrected chi connectivity index (χ4v) is 3.64. The van der Waals surface area contributed by atoms with E-state index in [9.17, 15) is 9.59 Å². The number of carbonyl (C=O) groups excluding carboxylic acids is 1. The highest BCUT2D eigenvalue weighted by Crippen LogP contribution is 2.27. The number of anilines is 1. The zero-order chi connectivity index (χ0) is 22.0. The van der Waals surface area contributed by atoms with Crippen LogP contribution in [0.15, 0.2) is 47.3 Å². The van der Waals surface area contributed by atoms with Gasteiger partial charge in [-0.3, -0.25) is 4.79 Å². The van der Waals surface area contributed by atoms with Crippen molar-refractivity contribution in [3.05, 3.63) is 69.1 Å². The van der Waals surface area contributed by atoms with Gasteiger partial charge in [-0.15, -0.1) is 0 Å². The molecule has 1 aromatic heterocycles. The third-order valence-electron chi connectivity index (χ3n) is 5.09. The van der Waals surface area contributed by atoms with Crippen LogP contribution in [0.5, 0.6) is 0 Å². The number of amides is 2. The summed E-state index contributed by atoms with van der Waals surface area (Å²) in [5.41, 5.74) is 2.11. The molecule has 2 amide bonds. The van der Waals surface area contributed by atoms with Crippen LogP contribution < -0.4 is 10.9 Å². The van der Waals surface area contributed by atoms with Gasteiger partial charge in [-0.1, -0.05) is 49.7 Å². The minimum absolute atomic E-state index is 0.157. The van der Waals surface area contributed by atoms with E-state index >= 15 is 0 Å². The van der Waals surface area contributed by atoms with E-state index in [1.54, 1.807) is 24.1 Å². The zero-order valence-corrected chi connectivity index (χ0v) is 18.7. The lowest BCUT2D eigenvalue weighted by atomic mass is 10.0. The van der Waals surface area contributed by atoms with Crippen LogP contribution >= 0.6 is 11.6 Å². The number of carbonyl (C=O) groups is 1. The third-order valence-corrected chi connectivity index (χ3v) is 5.50. The summed E-state index contributed by atoms with van der Waals surface area (Å²) in [6.07, 6.45) is 0. The number of benzene rings is 2. The van der Waals surface area contributed by atoms with Crippen LogP contribution in [0.4, 0.5) is 10.5 Å². The zero-order valence-electron chi connectivity index (χ0n) is 17.9. The first kappa shape index (κ1) is 21.8. The molecule has 0 aliphatic rings. The Morgan fingerprint density at radius 2 is 1.83 bits per heavy atom. The number of nitrogens with zero attached hydrogens (tertiary/aromatic N) is 3. The quantitative estimate of drug-likeness (QED) is 0.613. The van der Waals surface area contributed by atoms with E-state index in [0.717, 1.165) is 10.9 Å². The molecule has 0 radical (unpaired) electrons. The topological polar surface area (TPSA) is 67.2 Å². The van der Waals surface area contributed by atoms with Gasteiger partial charge in [0.25, 0.3) is 5.56 Å². The number of hydrogen-bond donors (Lipinski definition) is 1. The first-order valence-electron chi connectivity index (χ1n) is 9.98. The van der Waals surface area contributed by atoms with Crippen molar-refractivity contribution in [3.63, 3.8) is 0 Å². The van der Waals surface area contributed by atoms with E-state index in [1.807, 2.05) is 44.2 Å². The Bertz CT molecular complexity index is 1140. The SMILES string of the molecule is Cc1ccc(NC(=O)N(CC(C)C)C(C)c2nn(C)c(=O)c3ccccc23)cc1Cl. The molecule has 1 heterocycles. The lowest BCUT2D eigenvalue weighted by molar-refractivity contribution is 0.182. The molecule has 0 fully saturated rings. The van der Waals surface area contributed by atoms with E-state index in [0.29, 0.717) is 28.3 Å². The maximum absolute atomic E-state index is 13.2. The van der Waals surface area contributed by atoms with Crippen molar-refractivity contribution in [3.8, 4) is 0 Å². The average Bonchev–Trinajstić information content (AvgIpc) is 2.71. The van der Waals surface area contributed by atoms with Crippen LogP contribution in [0.2, 0.25) is 5.02 Å². The van der Waals surface area contributed by atoms with Crippen LogP contribution in [-0.2, 0) is 7.05 Å². The molecular weight excluding hydrogens is 400 g/mol. The van der Waals surface area contributed by atoms with Crippen LogP contribution in [0.25, 0.3) is 10.8 Å². The molecule has 1 atom stereocenters. The van der Waals surface area contributed by atoms with Crippen LogP contribution in [-0.4, -0.2) is 27.3 Å². The van der Waals surface area contributed by atoms with Crippen molar-refractivity contribution >= 4 is 34.1 Å². The second kappa shape index (κ2) is 8.88. The molecule has 0 spiro atoms. The van der Waals surface area contributed by atoms with Gasteiger partial charge >= 0.3 is 6.03 Å². The molecule has 0 saturated carbocycles. The first-order chi connectivity index (χ1) is 14.2. The monoisotopic (exact) mass is 426 g/mol. The Morgan fingerprint density at radius 3 is 2.47 bits per heavy atom. The van der Waals surface area contributed by atoms with Crippen LogP contribution in [0, 0.1) is 12.8 Å². The first-order valence-corrected chi connectivity index (χ1v) is 10.4. The Balaban J connectivity index is 2.00. The summed E-state index contributed by atoms with van der Waals surface area (Å²) < 4.78 is 1.33. The van der Waals surface area contributed by atoms with Gasteiger partial charge < -0.3 is 10.2 Å². The minimum Gasteiger partial charge on any atom is -0.316 e. The molecule has 3 aromatic rings. The van der Waals surface area contributed by atoms with Gasteiger partial charge in [0.15, 0.2) is 0 Å². The van der Waals surface area contributed by atoms with Crippen LogP contribution in [0.1, 0.15) is 38.1 Å². The lowest BCUT2D eigenvalue weighted by Crippen LogP contribution is -2.40. The summed E-state index contributed by atoms with van der Waals surface area (Å²) in [5.74, 6) is 0.249. The molecule has 0 saturated heterocycles. The maximum atomic E-state index is 13.2. The van der Waals surface area contributed by atoms with Gasteiger partial charge in [0.05, 0.1) is 17.1 Å². The highest BCUT2D eigenvalue weighted by Gasteiger charge is 2.26. The van der Waals surface area contributed by atoms with Gasteiger partial charge in [0.1, 0.15) is 0 Å². The normalized spacial score (nSPS) is 12.2. The van der Waals surface area contributed by atoms with Crippen molar-refractivity contribution in [1.29, 1.82) is 0 Å². The van der Waals surface area contributed by atoms with E-state index in [4.69, 9.17) is 11.6 Å². The smallest absolute Gasteiger partial charge is 0.316 e. The number of rotatable bonds is 5. The number of urea groups is 1. The molecule has 1 unspecified atom stereocenters. The predicted molar refractivity (Wildman–Crippen MR) is 122 cm³/mol. The van der Waals surface area contributed by atoms with E-state index in [-0.39, 0.29) is 23.6 Å². The van der Waals surface area contributed by atoms with E-state index in [2.05, 4.69) is 24.3 Å². The lowest BCUT2D eigenvalue weighted by Gasteiger charge is -2.31. The number of aromatic nitrogens is 2. The van der Waals surface area contributed by atoms with Gasteiger partial charge in [0.2, 0.25) is 0 Å². The highest BCUT2D eigenvalue weighted by atomic mass is 35.5. The Morgan fingerprint density at radius 1 is 1.17 bits per heavy atom.